The van der Waals surface area contributed by atoms with Gasteiger partial charge in [0.05, 0.1) is 17.7 Å². The van der Waals surface area contributed by atoms with Crippen LogP contribution < -0.4 is 5.32 Å². The van der Waals surface area contributed by atoms with E-state index in [1.54, 1.807) is 0 Å². The Labute approximate surface area is 176 Å². The van der Waals surface area contributed by atoms with Crippen molar-refractivity contribution in [3.05, 3.63) is 50.2 Å². The van der Waals surface area contributed by atoms with Gasteiger partial charge in [-0.3, -0.25) is 4.79 Å². The largest absolute Gasteiger partial charge is 0.465 e. The molecule has 1 amide bonds. The standard InChI is InChI=1S/C21H20ClNO3S2/c1-3-11-8-9-12-15(10-11)28-20(16(12)21(25)26-2)23-19(24)18-17(22)13-6-4-5-7-14(13)27-18/h4-7,11H,3,8-10H2,1-2H3,(H,23,24)/t11-/m1/s1. The Bertz CT molecular complexity index is 1070. The van der Waals surface area contributed by atoms with Crippen LogP contribution in [-0.2, 0) is 17.6 Å². The van der Waals surface area contributed by atoms with Crippen molar-refractivity contribution in [3.8, 4) is 0 Å². The Hall–Kier alpha value is -1.89. The summed E-state index contributed by atoms with van der Waals surface area (Å²) in [4.78, 5) is 27.1. The highest BCUT2D eigenvalue weighted by Gasteiger charge is 2.30. The lowest BCUT2D eigenvalue weighted by Crippen LogP contribution is -2.16. The Morgan fingerprint density at radius 1 is 1.29 bits per heavy atom. The van der Waals surface area contributed by atoms with E-state index < -0.39 is 5.97 Å². The van der Waals surface area contributed by atoms with Gasteiger partial charge in [-0.2, -0.15) is 0 Å². The minimum atomic E-state index is -0.398. The summed E-state index contributed by atoms with van der Waals surface area (Å²) in [6, 6.07) is 7.66. The molecular weight excluding hydrogens is 414 g/mol. The summed E-state index contributed by atoms with van der Waals surface area (Å²) in [7, 11) is 1.37. The minimum Gasteiger partial charge on any atom is -0.465 e. The lowest BCUT2D eigenvalue weighted by Gasteiger charge is -2.20. The summed E-state index contributed by atoms with van der Waals surface area (Å²) in [5.74, 6) is -0.0654. The topological polar surface area (TPSA) is 55.4 Å². The van der Waals surface area contributed by atoms with Gasteiger partial charge in [-0.15, -0.1) is 22.7 Å². The number of anilines is 1. The van der Waals surface area contributed by atoms with Crippen LogP contribution in [-0.4, -0.2) is 19.0 Å². The number of rotatable bonds is 4. The summed E-state index contributed by atoms with van der Waals surface area (Å²) >= 11 is 9.29. The van der Waals surface area contributed by atoms with Crippen LogP contribution in [0.4, 0.5) is 5.00 Å². The molecule has 7 heteroatoms. The smallest absolute Gasteiger partial charge is 0.341 e. The molecule has 0 aliphatic heterocycles. The third-order valence-electron chi connectivity index (χ3n) is 5.30. The summed E-state index contributed by atoms with van der Waals surface area (Å²) in [6.45, 7) is 2.19. The van der Waals surface area contributed by atoms with E-state index in [0.717, 1.165) is 41.3 Å². The van der Waals surface area contributed by atoms with Gasteiger partial charge >= 0.3 is 5.97 Å². The van der Waals surface area contributed by atoms with Gasteiger partial charge in [-0.25, -0.2) is 4.79 Å². The molecule has 1 aliphatic carbocycles. The number of thiophene rings is 2. The average molecular weight is 434 g/mol. The molecular formula is C21H20ClNO3S2. The maximum absolute atomic E-state index is 13.0. The first kappa shape index (κ1) is 19.4. The maximum atomic E-state index is 13.0. The third-order valence-corrected chi connectivity index (χ3v) is 8.15. The van der Waals surface area contributed by atoms with Crippen molar-refractivity contribution >= 4 is 61.2 Å². The second kappa shape index (κ2) is 7.85. The number of carbonyl (C=O) groups is 2. The van der Waals surface area contributed by atoms with Gasteiger partial charge in [-0.05, 0) is 36.8 Å². The van der Waals surface area contributed by atoms with Gasteiger partial charge in [0.1, 0.15) is 9.88 Å². The van der Waals surface area contributed by atoms with Crippen LogP contribution in [0.15, 0.2) is 24.3 Å². The average Bonchev–Trinajstić information content (AvgIpc) is 3.24. The number of fused-ring (bicyclic) bond motifs is 2. The van der Waals surface area contributed by atoms with E-state index in [9.17, 15) is 9.59 Å². The number of ether oxygens (including phenoxy) is 1. The Morgan fingerprint density at radius 2 is 2.07 bits per heavy atom. The molecule has 1 aromatic carbocycles. The van der Waals surface area contributed by atoms with E-state index in [-0.39, 0.29) is 5.91 Å². The van der Waals surface area contributed by atoms with E-state index in [1.165, 1.54) is 34.7 Å². The molecule has 0 unspecified atom stereocenters. The fraction of sp³-hybridized carbons (Fsp3) is 0.333. The zero-order valence-corrected chi connectivity index (χ0v) is 18.0. The molecule has 2 heterocycles. The number of hydrogen-bond donors (Lipinski definition) is 1. The van der Waals surface area contributed by atoms with E-state index in [4.69, 9.17) is 16.3 Å². The molecule has 0 saturated carbocycles. The third kappa shape index (κ3) is 3.34. The van der Waals surface area contributed by atoms with E-state index in [1.807, 2.05) is 24.3 Å². The van der Waals surface area contributed by atoms with Gasteiger partial charge in [0.2, 0.25) is 0 Å². The van der Waals surface area contributed by atoms with Crippen LogP contribution in [0.2, 0.25) is 5.02 Å². The first-order valence-corrected chi connectivity index (χ1v) is 11.3. The number of amides is 1. The zero-order chi connectivity index (χ0) is 19.8. The quantitative estimate of drug-likeness (QED) is 0.500. The molecule has 0 bridgehead atoms. The van der Waals surface area contributed by atoms with Crippen molar-refractivity contribution in [2.75, 3.05) is 12.4 Å². The van der Waals surface area contributed by atoms with Crippen LogP contribution >= 0.6 is 34.3 Å². The molecule has 3 aromatic rings. The molecule has 1 N–H and O–H groups in total. The lowest BCUT2D eigenvalue weighted by molar-refractivity contribution is 0.0601. The van der Waals surface area contributed by atoms with Gasteiger partial charge < -0.3 is 10.1 Å². The molecule has 0 fully saturated rings. The Kier molecular flexibility index (Phi) is 5.45. The molecule has 1 aliphatic rings. The number of nitrogens with one attached hydrogen (secondary N) is 1. The van der Waals surface area contributed by atoms with Gasteiger partial charge in [-0.1, -0.05) is 43.1 Å². The summed E-state index contributed by atoms with van der Waals surface area (Å²) < 4.78 is 5.97. The molecule has 146 valence electrons. The summed E-state index contributed by atoms with van der Waals surface area (Å²) in [5.41, 5.74) is 1.53. The van der Waals surface area contributed by atoms with Crippen LogP contribution in [0.3, 0.4) is 0 Å². The number of benzene rings is 1. The van der Waals surface area contributed by atoms with E-state index in [0.29, 0.717) is 26.4 Å². The van der Waals surface area contributed by atoms with Crippen molar-refractivity contribution in [2.24, 2.45) is 5.92 Å². The number of methoxy groups -OCH3 is 1. The van der Waals surface area contributed by atoms with Crippen molar-refractivity contribution in [2.45, 2.75) is 32.6 Å². The maximum Gasteiger partial charge on any atom is 0.341 e. The molecule has 0 saturated heterocycles. The van der Waals surface area contributed by atoms with Crippen molar-refractivity contribution < 1.29 is 14.3 Å². The van der Waals surface area contributed by atoms with Gasteiger partial charge in [0.25, 0.3) is 5.91 Å². The SMILES string of the molecule is CC[C@@H]1CCc2c(sc(NC(=O)c3sc4ccccc4c3Cl)c2C(=O)OC)C1. The second-order valence-corrected chi connectivity index (χ2v) is 9.45. The summed E-state index contributed by atoms with van der Waals surface area (Å²) in [5, 5.41) is 4.81. The molecule has 28 heavy (non-hydrogen) atoms. The first-order valence-electron chi connectivity index (χ1n) is 9.24. The zero-order valence-electron chi connectivity index (χ0n) is 15.6. The van der Waals surface area contributed by atoms with Crippen LogP contribution in [0.25, 0.3) is 10.1 Å². The fourth-order valence-corrected chi connectivity index (χ4v) is 6.49. The van der Waals surface area contributed by atoms with Crippen molar-refractivity contribution in [1.29, 1.82) is 0 Å². The Balaban J connectivity index is 1.70. The van der Waals surface area contributed by atoms with Crippen LogP contribution in [0, 0.1) is 5.92 Å². The first-order chi connectivity index (χ1) is 13.5. The number of hydrogen-bond acceptors (Lipinski definition) is 5. The van der Waals surface area contributed by atoms with Gasteiger partial charge in [0.15, 0.2) is 0 Å². The highest BCUT2D eigenvalue weighted by Crippen LogP contribution is 2.42. The molecule has 0 spiro atoms. The van der Waals surface area contributed by atoms with Gasteiger partial charge in [0, 0.05) is 15.0 Å². The molecule has 4 rings (SSSR count). The van der Waals surface area contributed by atoms with Crippen molar-refractivity contribution in [1.82, 2.24) is 0 Å². The lowest BCUT2D eigenvalue weighted by atomic mass is 9.86. The normalized spacial score (nSPS) is 16.0. The summed E-state index contributed by atoms with van der Waals surface area (Å²) in [6.07, 6.45) is 3.96. The molecule has 4 nitrogen and oxygen atoms in total. The number of carbonyl (C=O) groups excluding carboxylic acids is 2. The predicted molar refractivity (Wildman–Crippen MR) is 116 cm³/mol. The highest BCUT2D eigenvalue weighted by molar-refractivity contribution is 7.22. The number of halogens is 1. The minimum absolute atomic E-state index is 0.290. The Morgan fingerprint density at radius 3 is 2.79 bits per heavy atom. The van der Waals surface area contributed by atoms with E-state index in [2.05, 4.69) is 12.2 Å². The molecule has 1 atom stereocenters. The van der Waals surface area contributed by atoms with Crippen molar-refractivity contribution in [3.63, 3.8) is 0 Å². The van der Waals surface area contributed by atoms with Crippen LogP contribution in [0.1, 0.15) is 50.2 Å². The highest BCUT2D eigenvalue weighted by atomic mass is 35.5. The fourth-order valence-electron chi connectivity index (χ4n) is 3.73. The monoisotopic (exact) mass is 433 g/mol. The van der Waals surface area contributed by atoms with Crippen LogP contribution in [0.5, 0.6) is 0 Å². The van der Waals surface area contributed by atoms with E-state index >= 15 is 0 Å². The molecule has 0 radical (unpaired) electrons. The molecule has 2 aromatic heterocycles. The second-order valence-electron chi connectivity index (χ2n) is 6.91. The predicted octanol–water partition coefficient (Wildman–Crippen LogP) is 6.17. The number of esters is 1.